The maximum absolute atomic E-state index is 13.0. The highest BCUT2D eigenvalue weighted by Crippen LogP contribution is 2.22. The summed E-state index contributed by atoms with van der Waals surface area (Å²) in [5.74, 6) is 0.623. The first-order valence-corrected chi connectivity index (χ1v) is 9.64. The summed E-state index contributed by atoms with van der Waals surface area (Å²) in [6.07, 6.45) is 3.07. The molecule has 0 N–H and O–H groups in total. The molecule has 0 bridgehead atoms. The molecule has 0 spiro atoms. The van der Waals surface area contributed by atoms with E-state index in [-0.39, 0.29) is 11.3 Å². The number of carbonyl (C=O) groups excluding carboxylic acids is 1. The number of aromatic nitrogens is 2. The van der Waals surface area contributed by atoms with Gasteiger partial charge < -0.3 is 4.74 Å². The van der Waals surface area contributed by atoms with Crippen LogP contribution in [0.4, 0.5) is 0 Å². The Kier molecular flexibility index (Phi) is 5.11. The number of hydrogen-bond donors (Lipinski definition) is 0. The molecule has 0 saturated heterocycles. The largest absolute Gasteiger partial charge is 0.497 e. The van der Waals surface area contributed by atoms with Gasteiger partial charge in [0.15, 0.2) is 5.78 Å². The number of ether oxygens (including phenoxy) is 1. The van der Waals surface area contributed by atoms with Gasteiger partial charge in [-0.3, -0.25) is 14.3 Å². The fourth-order valence-corrected chi connectivity index (χ4v) is 3.54. The number of methoxy groups -OCH3 is 1. The van der Waals surface area contributed by atoms with Crippen LogP contribution in [-0.2, 0) is 7.05 Å². The average Bonchev–Trinajstić information content (AvgIpc) is 2.99. The Morgan fingerprint density at radius 3 is 2.40 bits per heavy atom. The predicted molar refractivity (Wildman–Crippen MR) is 120 cm³/mol. The lowest BCUT2D eigenvalue weighted by Crippen LogP contribution is -2.20. The van der Waals surface area contributed by atoms with E-state index in [9.17, 15) is 9.59 Å². The lowest BCUT2D eigenvalue weighted by atomic mass is 10.0. The van der Waals surface area contributed by atoms with E-state index in [1.165, 1.54) is 6.08 Å². The second-order valence-electron chi connectivity index (χ2n) is 7.10. The van der Waals surface area contributed by atoms with Gasteiger partial charge in [-0.1, -0.05) is 36.4 Å². The van der Waals surface area contributed by atoms with Crippen molar-refractivity contribution < 1.29 is 9.53 Å². The molecule has 0 aliphatic rings. The van der Waals surface area contributed by atoms with Gasteiger partial charge in [-0.05, 0) is 60.2 Å². The average molecular weight is 398 g/mol. The monoisotopic (exact) mass is 398 g/mol. The second kappa shape index (κ2) is 7.87. The number of nitrogens with zero attached hydrogens (tertiary/aromatic N) is 2. The van der Waals surface area contributed by atoms with Crippen LogP contribution in [0.25, 0.3) is 22.5 Å². The molecule has 4 rings (SSSR count). The number of rotatable bonds is 5. The van der Waals surface area contributed by atoms with Gasteiger partial charge in [0.05, 0.1) is 18.4 Å². The standard InChI is InChI=1S/C25H22N2O3/c1-17-23(25(29)27(26(17)2)21-7-5-4-6-8-21)13-14-24(28)20-10-9-19-16-22(30-3)12-11-18(19)15-20/h4-16H,1-3H3/b14-13+. The van der Waals surface area contributed by atoms with Crippen LogP contribution in [0.2, 0.25) is 0 Å². The third kappa shape index (κ3) is 3.46. The van der Waals surface area contributed by atoms with Crippen molar-refractivity contribution in [3.8, 4) is 11.4 Å². The summed E-state index contributed by atoms with van der Waals surface area (Å²) in [4.78, 5) is 25.7. The van der Waals surface area contributed by atoms with E-state index < -0.39 is 0 Å². The van der Waals surface area contributed by atoms with E-state index >= 15 is 0 Å². The summed E-state index contributed by atoms with van der Waals surface area (Å²) >= 11 is 0. The summed E-state index contributed by atoms with van der Waals surface area (Å²) in [5.41, 5.74) is 2.49. The van der Waals surface area contributed by atoms with Crippen molar-refractivity contribution in [1.29, 1.82) is 0 Å². The highest BCUT2D eigenvalue weighted by Gasteiger charge is 2.14. The Balaban J connectivity index is 1.66. The fraction of sp³-hybridized carbons (Fsp3) is 0.120. The van der Waals surface area contributed by atoms with Crippen molar-refractivity contribution in [2.45, 2.75) is 6.92 Å². The molecule has 4 aromatic rings. The minimum Gasteiger partial charge on any atom is -0.497 e. The molecular weight excluding hydrogens is 376 g/mol. The summed E-state index contributed by atoms with van der Waals surface area (Å²) in [6.45, 7) is 1.87. The second-order valence-corrected chi connectivity index (χ2v) is 7.10. The van der Waals surface area contributed by atoms with Gasteiger partial charge in [0.2, 0.25) is 0 Å². The van der Waals surface area contributed by atoms with Crippen molar-refractivity contribution in [3.63, 3.8) is 0 Å². The van der Waals surface area contributed by atoms with Crippen LogP contribution in [0.1, 0.15) is 21.6 Å². The summed E-state index contributed by atoms with van der Waals surface area (Å²) in [7, 11) is 3.46. The molecule has 1 heterocycles. The van der Waals surface area contributed by atoms with Gasteiger partial charge in [0, 0.05) is 18.3 Å². The summed E-state index contributed by atoms with van der Waals surface area (Å²) in [6, 6.07) is 20.7. The smallest absolute Gasteiger partial charge is 0.278 e. The number of hydrogen-bond acceptors (Lipinski definition) is 3. The fourth-order valence-electron chi connectivity index (χ4n) is 3.54. The minimum atomic E-state index is -0.157. The molecule has 150 valence electrons. The van der Waals surface area contributed by atoms with Crippen LogP contribution in [0, 0.1) is 6.92 Å². The minimum absolute atomic E-state index is 0.151. The van der Waals surface area contributed by atoms with Crippen LogP contribution < -0.4 is 10.3 Å². The van der Waals surface area contributed by atoms with Crippen molar-refractivity contribution in [2.75, 3.05) is 7.11 Å². The van der Waals surface area contributed by atoms with Crippen LogP contribution >= 0.6 is 0 Å². The molecule has 0 unspecified atom stereocenters. The molecule has 5 nitrogen and oxygen atoms in total. The first-order valence-electron chi connectivity index (χ1n) is 9.64. The van der Waals surface area contributed by atoms with Gasteiger partial charge >= 0.3 is 0 Å². The third-order valence-corrected chi connectivity index (χ3v) is 5.33. The van der Waals surface area contributed by atoms with Gasteiger partial charge in [-0.15, -0.1) is 0 Å². The Hall–Kier alpha value is -3.86. The zero-order chi connectivity index (χ0) is 21.3. The highest BCUT2D eigenvalue weighted by molar-refractivity contribution is 6.08. The quantitative estimate of drug-likeness (QED) is 0.366. The summed E-state index contributed by atoms with van der Waals surface area (Å²) in [5, 5.41) is 1.96. The molecule has 0 amide bonds. The summed E-state index contributed by atoms with van der Waals surface area (Å²) < 4.78 is 8.64. The Morgan fingerprint density at radius 2 is 1.67 bits per heavy atom. The van der Waals surface area contributed by atoms with Gasteiger partial charge in [-0.25, -0.2) is 4.68 Å². The molecule has 0 aliphatic carbocycles. The highest BCUT2D eigenvalue weighted by atomic mass is 16.5. The van der Waals surface area contributed by atoms with E-state index in [0.29, 0.717) is 11.1 Å². The molecular formula is C25H22N2O3. The Labute approximate surface area is 174 Å². The lowest BCUT2D eigenvalue weighted by molar-refractivity contribution is 0.104. The molecule has 0 atom stereocenters. The molecule has 1 aromatic heterocycles. The van der Waals surface area contributed by atoms with Gasteiger partial charge in [0.1, 0.15) is 5.75 Å². The Morgan fingerprint density at radius 1 is 0.967 bits per heavy atom. The molecule has 0 aliphatic heterocycles. The molecule has 3 aromatic carbocycles. The number of carbonyl (C=O) groups is 1. The first-order chi connectivity index (χ1) is 14.5. The zero-order valence-electron chi connectivity index (χ0n) is 17.1. The SMILES string of the molecule is COc1ccc2cc(C(=O)/C=C/c3c(C)n(C)n(-c4ccccc4)c3=O)ccc2c1. The molecule has 30 heavy (non-hydrogen) atoms. The van der Waals surface area contributed by atoms with E-state index in [0.717, 1.165) is 27.9 Å². The van der Waals surface area contributed by atoms with Gasteiger partial charge in [0.25, 0.3) is 5.56 Å². The maximum atomic E-state index is 13.0. The lowest BCUT2D eigenvalue weighted by Gasteiger charge is -2.07. The number of ketones is 1. The molecule has 0 saturated carbocycles. The Bertz CT molecular complexity index is 1330. The van der Waals surface area contributed by atoms with E-state index in [1.54, 1.807) is 28.6 Å². The van der Waals surface area contributed by atoms with Crippen molar-refractivity contribution >= 4 is 22.6 Å². The molecule has 5 heteroatoms. The third-order valence-electron chi connectivity index (χ3n) is 5.33. The zero-order valence-corrected chi connectivity index (χ0v) is 17.1. The number of allylic oxidation sites excluding steroid dienone is 1. The van der Waals surface area contributed by atoms with E-state index in [4.69, 9.17) is 4.74 Å². The predicted octanol–water partition coefficient (Wildman–Crippen LogP) is 4.54. The van der Waals surface area contributed by atoms with Crippen LogP contribution in [0.5, 0.6) is 5.75 Å². The number of benzene rings is 3. The van der Waals surface area contributed by atoms with E-state index in [1.807, 2.05) is 74.6 Å². The maximum Gasteiger partial charge on any atom is 0.278 e. The van der Waals surface area contributed by atoms with Crippen LogP contribution in [0.3, 0.4) is 0 Å². The van der Waals surface area contributed by atoms with Crippen LogP contribution in [0.15, 0.2) is 77.6 Å². The number of fused-ring (bicyclic) bond motifs is 1. The molecule has 0 radical (unpaired) electrons. The van der Waals surface area contributed by atoms with Crippen molar-refractivity contribution in [2.24, 2.45) is 7.05 Å². The topological polar surface area (TPSA) is 53.2 Å². The van der Waals surface area contributed by atoms with Gasteiger partial charge in [-0.2, -0.15) is 0 Å². The normalized spacial score (nSPS) is 11.3. The molecule has 0 fully saturated rings. The van der Waals surface area contributed by atoms with Crippen LogP contribution in [-0.4, -0.2) is 22.3 Å². The van der Waals surface area contributed by atoms with Crippen molar-refractivity contribution in [3.05, 3.63) is 100.0 Å². The number of para-hydroxylation sites is 1. The first kappa shape index (κ1) is 19.5. The van der Waals surface area contributed by atoms with E-state index in [2.05, 4.69) is 0 Å². The van der Waals surface area contributed by atoms with Crippen molar-refractivity contribution in [1.82, 2.24) is 9.36 Å².